The molecule has 1 amide bonds. The Morgan fingerprint density at radius 1 is 1.20 bits per heavy atom. The number of alkyl halides is 3. The molecular weight excluding hydrogens is 333 g/mol. The molecule has 0 heterocycles. The number of halogens is 3. The average molecular weight is 350 g/mol. The van der Waals surface area contributed by atoms with Crippen LogP contribution >= 0.6 is 0 Å². The van der Waals surface area contributed by atoms with Crippen LogP contribution in [0.3, 0.4) is 0 Å². The summed E-state index contributed by atoms with van der Waals surface area (Å²) in [5.74, 6) is 0.00296. The van der Waals surface area contributed by atoms with Crippen molar-refractivity contribution >= 4 is 12.1 Å². The zero-order valence-electron chi connectivity index (χ0n) is 13.7. The number of carbonyl (C=O) groups is 1. The highest BCUT2D eigenvalue weighted by atomic mass is 19.4. The number of hydrogen-bond donors (Lipinski definition) is 1. The lowest BCUT2D eigenvalue weighted by Crippen LogP contribution is -2.25. The topological polar surface area (TPSA) is 50.7 Å². The van der Waals surface area contributed by atoms with Gasteiger partial charge in [-0.2, -0.15) is 18.3 Å². The van der Waals surface area contributed by atoms with Gasteiger partial charge < -0.3 is 4.74 Å². The number of aryl methyl sites for hydroxylation is 2. The number of nitrogens with zero attached hydrogens (tertiary/aromatic N) is 1. The van der Waals surface area contributed by atoms with Gasteiger partial charge in [0.2, 0.25) is 0 Å². The Kier molecular flexibility index (Phi) is 5.80. The Morgan fingerprint density at radius 3 is 2.64 bits per heavy atom. The first kappa shape index (κ1) is 18.5. The molecule has 7 heteroatoms. The Balaban J connectivity index is 1.94. The number of ether oxygens (including phenoxy) is 1. The predicted molar refractivity (Wildman–Crippen MR) is 88.6 cm³/mol. The van der Waals surface area contributed by atoms with Crippen molar-refractivity contribution in [3.63, 3.8) is 0 Å². The minimum atomic E-state index is -4.49. The largest absolute Gasteiger partial charge is 0.483 e. The summed E-state index contributed by atoms with van der Waals surface area (Å²) in [5.41, 5.74) is 3.06. The molecule has 2 aromatic rings. The van der Waals surface area contributed by atoms with Crippen molar-refractivity contribution in [2.45, 2.75) is 20.0 Å². The average Bonchev–Trinajstić information content (AvgIpc) is 2.55. The van der Waals surface area contributed by atoms with E-state index >= 15 is 0 Å². The number of rotatable bonds is 5. The zero-order valence-corrected chi connectivity index (χ0v) is 13.7. The molecule has 0 spiro atoms. The highest BCUT2D eigenvalue weighted by molar-refractivity contribution is 5.84. The van der Waals surface area contributed by atoms with Crippen molar-refractivity contribution in [2.24, 2.45) is 5.10 Å². The van der Waals surface area contributed by atoms with Crippen LogP contribution in [0.25, 0.3) is 0 Å². The van der Waals surface area contributed by atoms with Gasteiger partial charge in [0.05, 0.1) is 11.8 Å². The van der Waals surface area contributed by atoms with Gasteiger partial charge in [0.15, 0.2) is 6.61 Å². The number of hydrogen-bond acceptors (Lipinski definition) is 3. The highest BCUT2D eigenvalue weighted by Crippen LogP contribution is 2.31. The number of carbonyl (C=O) groups excluding carboxylic acids is 1. The molecule has 0 radical (unpaired) electrons. The molecule has 0 aromatic heterocycles. The van der Waals surface area contributed by atoms with Crippen LogP contribution in [0.5, 0.6) is 5.75 Å². The summed E-state index contributed by atoms with van der Waals surface area (Å²) in [5, 5.41) is 3.56. The smallest absolute Gasteiger partial charge is 0.417 e. The van der Waals surface area contributed by atoms with Crippen molar-refractivity contribution in [1.29, 1.82) is 0 Å². The van der Waals surface area contributed by atoms with Crippen molar-refractivity contribution in [3.05, 3.63) is 64.7 Å². The molecule has 0 fully saturated rings. The molecule has 0 saturated heterocycles. The summed E-state index contributed by atoms with van der Waals surface area (Å²) in [7, 11) is 0. The monoisotopic (exact) mass is 350 g/mol. The van der Waals surface area contributed by atoms with Crippen molar-refractivity contribution in [2.75, 3.05) is 6.61 Å². The molecule has 0 atom stereocenters. The predicted octanol–water partition coefficient (Wildman–Crippen LogP) is 3.85. The van der Waals surface area contributed by atoms with Crippen LogP contribution in [0, 0.1) is 13.8 Å². The molecule has 1 N–H and O–H groups in total. The van der Waals surface area contributed by atoms with Gasteiger partial charge in [-0.1, -0.05) is 30.3 Å². The first-order valence-corrected chi connectivity index (χ1v) is 7.45. The van der Waals surface area contributed by atoms with Crippen molar-refractivity contribution in [3.8, 4) is 5.75 Å². The summed E-state index contributed by atoms with van der Waals surface area (Å²) in [6.45, 7) is 3.45. The van der Waals surface area contributed by atoms with Crippen molar-refractivity contribution < 1.29 is 22.7 Å². The molecule has 2 rings (SSSR count). The normalized spacial score (nSPS) is 11.6. The second kappa shape index (κ2) is 7.83. The van der Waals surface area contributed by atoms with Crippen LogP contribution in [-0.4, -0.2) is 18.7 Å². The number of amides is 1. The molecule has 0 aliphatic rings. The minimum Gasteiger partial charge on any atom is -0.483 e. The Labute approximate surface area is 143 Å². The van der Waals surface area contributed by atoms with Crippen LogP contribution in [0.15, 0.2) is 47.6 Å². The van der Waals surface area contributed by atoms with Crippen molar-refractivity contribution in [1.82, 2.24) is 5.43 Å². The van der Waals surface area contributed by atoms with E-state index in [0.717, 1.165) is 23.4 Å². The maximum absolute atomic E-state index is 12.8. The molecule has 4 nitrogen and oxygen atoms in total. The fourth-order valence-electron chi connectivity index (χ4n) is 2.08. The summed E-state index contributed by atoms with van der Waals surface area (Å²) >= 11 is 0. The minimum absolute atomic E-state index is 0.134. The maximum atomic E-state index is 12.8. The van der Waals surface area contributed by atoms with E-state index in [2.05, 4.69) is 10.5 Å². The van der Waals surface area contributed by atoms with Crippen LogP contribution < -0.4 is 10.2 Å². The number of benzene rings is 2. The first-order valence-electron chi connectivity index (χ1n) is 7.45. The van der Waals surface area contributed by atoms with E-state index in [1.54, 1.807) is 6.07 Å². The second-order valence-electron chi connectivity index (χ2n) is 5.44. The quantitative estimate of drug-likeness (QED) is 0.658. The molecule has 0 aliphatic carbocycles. The SMILES string of the molecule is Cc1ccc(C)c(OCC(=O)N/N=C\c2ccccc2C(F)(F)F)c1. The van der Waals surface area contributed by atoms with Gasteiger partial charge in [0.1, 0.15) is 5.75 Å². The molecule has 25 heavy (non-hydrogen) atoms. The second-order valence-corrected chi connectivity index (χ2v) is 5.44. The fourth-order valence-corrected chi connectivity index (χ4v) is 2.08. The molecule has 132 valence electrons. The molecule has 0 bridgehead atoms. The van der Waals surface area contributed by atoms with E-state index in [1.165, 1.54) is 18.2 Å². The standard InChI is InChI=1S/C18H17F3N2O2/c1-12-7-8-13(2)16(9-12)25-11-17(24)23-22-10-14-5-3-4-6-15(14)18(19,20)21/h3-10H,11H2,1-2H3,(H,23,24)/b22-10-. The third kappa shape index (κ3) is 5.34. The number of hydrazone groups is 1. The lowest BCUT2D eigenvalue weighted by Gasteiger charge is -2.10. The van der Waals surface area contributed by atoms with Gasteiger partial charge in [-0.15, -0.1) is 0 Å². The van der Waals surface area contributed by atoms with E-state index in [9.17, 15) is 18.0 Å². The van der Waals surface area contributed by atoms with Crippen LogP contribution in [0.4, 0.5) is 13.2 Å². The molecule has 0 unspecified atom stereocenters. The molecule has 2 aromatic carbocycles. The summed E-state index contributed by atoms with van der Waals surface area (Å²) < 4.78 is 43.9. The number of nitrogens with one attached hydrogen (secondary N) is 1. The van der Waals surface area contributed by atoms with E-state index in [-0.39, 0.29) is 12.2 Å². The highest BCUT2D eigenvalue weighted by Gasteiger charge is 2.32. The Morgan fingerprint density at radius 2 is 1.92 bits per heavy atom. The Hall–Kier alpha value is -2.83. The lowest BCUT2D eigenvalue weighted by atomic mass is 10.1. The summed E-state index contributed by atoms with van der Waals surface area (Å²) in [6.07, 6.45) is -3.53. The van der Waals surface area contributed by atoms with E-state index < -0.39 is 17.6 Å². The lowest BCUT2D eigenvalue weighted by molar-refractivity contribution is -0.137. The summed E-state index contributed by atoms with van der Waals surface area (Å²) in [6, 6.07) is 10.6. The van der Waals surface area contributed by atoms with Crippen LogP contribution in [-0.2, 0) is 11.0 Å². The van der Waals surface area contributed by atoms with Gasteiger partial charge in [0, 0.05) is 5.56 Å². The van der Waals surface area contributed by atoms with Gasteiger partial charge in [-0.25, -0.2) is 5.43 Å². The Bertz CT molecular complexity index is 786. The van der Waals surface area contributed by atoms with Gasteiger partial charge in [0.25, 0.3) is 5.91 Å². The maximum Gasteiger partial charge on any atom is 0.417 e. The first-order chi connectivity index (χ1) is 11.8. The van der Waals surface area contributed by atoms with Gasteiger partial charge >= 0.3 is 6.18 Å². The molecular formula is C18H17F3N2O2. The van der Waals surface area contributed by atoms with E-state index in [4.69, 9.17) is 4.74 Å². The third-order valence-corrected chi connectivity index (χ3v) is 3.36. The van der Waals surface area contributed by atoms with Gasteiger partial charge in [-0.3, -0.25) is 4.79 Å². The zero-order chi connectivity index (χ0) is 18.4. The van der Waals surface area contributed by atoms with Crippen LogP contribution in [0.1, 0.15) is 22.3 Å². The third-order valence-electron chi connectivity index (χ3n) is 3.36. The molecule has 0 aliphatic heterocycles. The summed E-state index contributed by atoms with van der Waals surface area (Å²) in [4.78, 5) is 11.7. The van der Waals surface area contributed by atoms with Gasteiger partial charge in [-0.05, 0) is 37.1 Å². The molecule has 0 saturated carbocycles. The van der Waals surface area contributed by atoms with E-state index in [0.29, 0.717) is 5.75 Å². The van der Waals surface area contributed by atoms with E-state index in [1.807, 2.05) is 26.0 Å². The van der Waals surface area contributed by atoms with Crippen LogP contribution in [0.2, 0.25) is 0 Å². The fraction of sp³-hybridized carbons (Fsp3) is 0.222.